The van der Waals surface area contributed by atoms with Gasteiger partial charge >= 0.3 is 0 Å². The van der Waals surface area contributed by atoms with Crippen LogP contribution in [0.25, 0.3) is 0 Å². The number of aliphatic hydroxyl groups is 1. The molecule has 3 heteroatoms. The Morgan fingerprint density at radius 1 is 1.05 bits per heavy atom. The van der Waals surface area contributed by atoms with Crippen LogP contribution in [0.4, 0.5) is 5.82 Å². The third-order valence-corrected chi connectivity index (χ3v) is 4.42. The maximum Gasteiger partial charge on any atom is 0.129 e. The summed E-state index contributed by atoms with van der Waals surface area (Å²) in [6, 6.07) is 14.3. The Hall–Kier alpha value is -1.87. The van der Waals surface area contributed by atoms with E-state index in [1.54, 1.807) is 6.20 Å². The SMILES string of the molecule is Nc1ncccc1C1(O)CCC(c2ccccc2)CC1. The van der Waals surface area contributed by atoms with Gasteiger partial charge in [0.05, 0.1) is 5.60 Å². The standard InChI is InChI=1S/C17H20N2O/c18-16-15(7-4-12-19-16)17(20)10-8-14(9-11-17)13-5-2-1-3-6-13/h1-7,12,14,20H,8-11H2,(H2,18,19). The predicted octanol–water partition coefficient (Wildman–Crippen LogP) is 3.21. The molecule has 104 valence electrons. The summed E-state index contributed by atoms with van der Waals surface area (Å²) in [4.78, 5) is 4.09. The molecule has 3 rings (SSSR count). The molecule has 0 amide bonds. The van der Waals surface area contributed by atoms with Crippen LogP contribution in [0, 0.1) is 0 Å². The molecule has 1 fully saturated rings. The van der Waals surface area contributed by atoms with Crippen molar-refractivity contribution in [2.75, 3.05) is 5.73 Å². The molecular formula is C17H20N2O. The average Bonchev–Trinajstić information content (AvgIpc) is 2.49. The van der Waals surface area contributed by atoms with Gasteiger partial charge in [0, 0.05) is 11.8 Å². The number of anilines is 1. The number of aromatic nitrogens is 1. The number of benzene rings is 1. The Morgan fingerprint density at radius 3 is 2.40 bits per heavy atom. The lowest BCUT2D eigenvalue weighted by Crippen LogP contribution is -2.32. The van der Waals surface area contributed by atoms with Crippen LogP contribution in [0.3, 0.4) is 0 Å². The largest absolute Gasteiger partial charge is 0.385 e. The van der Waals surface area contributed by atoms with E-state index in [-0.39, 0.29) is 0 Å². The molecule has 0 bridgehead atoms. The smallest absolute Gasteiger partial charge is 0.129 e. The van der Waals surface area contributed by atoms with E-state index in [1.807, 2.05) is 18.2 Å². The maximum absolute atomic E-state index is 10.9. The Kier molecular flexibility index (Phi) is 3.45. The van der Waals surface area contributed by atoms with Crippen LogP contribution >= 0.6 is 0 Å². The van der Waals surface area contributed by atoms with Crippen LogP contribution in [-0.2, 0) is 5.60 Å². The number of hydrogen-bond acceptors (Lipinski definition) is 3. The molecule has 0 saturated heterocycles. The molecular weight excluding hydrogens is 248 g/mol. The fraction of sp³-hybridized carbons (Fsp3) is 0.353. The van der Waals surface area contributed by atoms with Gasteiger partial charge in [-0.3, -0.25) is 0 Å². The molecule has 0 unspecified atom stereocenters. The highest BCUT2D eigenvalue weighted by atomic mass is 16.3. The number of hydrogen-bond donors (Lipinski definition) is 2. The van der Waals surface area contributed by atoms with E-state index in [0.29, 0.717) is 11.7 Å². The van der Waals surface area contributed by atoms with Crippen LogP contribution in [0.1, 0.15) is 42.7 Å². The molecule has 1 aromatic carbocycles. The van der Waals surface area contributed by atoms with E-state index in [2.05, 4.69) is 29.2 Å². The molecule has 0 radical (unpaired) electrons. The van der Waals surface area contributed by atoms with E-state index in [4.69, 9.17) is 5.73 Å². The van der Waals surface area contributed by atoms with E-state index in [1.165, 1.54) is 5.56 Å². The third-order valence-electron chi connectivity index (χ3n) is 4.42. The second-order valence-corrected chi connectivity index (χ2v) is 5.65. The van der Waals surface area contributed by atoms with Crippen molar-refractivity contribution in [1.29, 1.82) is 0 Å². The Labute approximate surface area is 119 Å². The summed E-state index contributed by atoms with van der Waals surface area (Å²) in [6.07, 6.45) is 5.10. The molecule has 1 saturated carbocycles. The molecule has 1 aromatic heterocycles. The summed E-state index contributed by atoms with van der Waals surface area (Å²) in [5.74, 6) is 0.988. The minimum Gasteiger partial charge on any atom is -0.385 e. The van der Waals surface area contributed by atoms with Gasteiger partial charge in [0.25, 0.3) is 0 Å². The molecule has 3 nitrogen and oxygen atoms in total. The Morgan fingerprint density at radius 2 is 1.75 bits per heavy atom. The van der Waals surface area contributed by atoms with Crippen molar-refractivity contribution >= 4 is 5.82 Å². The van der Waals surface area contributed by atoms with Crippen molar-refractivity contribution in [2.24, 2.45) is 0 Å². The summed E-state index contributed by atoms with van der Waals surface area (Å²) in [5.41, 5.74) is 7.25. The van der Waals surface area contributed by atoms with Crippen LogP contribution in [0.2, 0.25) is 0 Å². The Balaban J connectivity index is 1.77. The second-order valence-electron chi connectivity index (χ2n) is 5.65. The molecule has 2 aromatic rings. The monoisotopic (exact) mass is 268 g/mol. The molecule has 1 aliphatic carbocycles. The zero-order chi connectivity index (χ0) is 14.0. The second kappa shape index (κ2) is 5.25. The number of nitrogen functional groups attached to an aromatic ring is 1. The fourth-order valence-corrected chi connectivity index (χ4v) is 3.23. The first-order valence-corrected chi connectivity index (χ1v) is 7.17. The number of pyridine rings is 1. The quantitative estimate of drug-likeness (QED) is 0.879. The van der Waals surface area contributed by atoms with Crippen LogP contribution in [0.15, 0.2) is 48.7 Å². The zero-order valence-corrected chi connectivity index (χ0v) is 11.5. The van der Waals surface area contributed by atoms with Crippen LogP contribution in [0.5, 0.6) is 0 Å². The lowest BCUT2D eigenvalue weighted by molar-refractivity contribution is -0.00520. The van der Waals surface area contributed by atoms with Gasteiger partial charge in [-0.05, 0) is 43.2 Å². The van der Waals surface area contributed by atoms with E-state index in [0.717, 1.165) is 31.2 Å². The summed E-state index contributed by atoms with van der Waals surface area (Å²) in [7, 11) is 0. The maximum atomic E-state index is 10.9. The van der Waals surface area contributed by atoms with Gasteiger partial charge in [0.15, 0.2) is 0 Å². The van der Waals surface area contributed by atoms with Crippen molar-refractivity contribution in [1.82, 2.24) is 4.98 Å². The summed E-state index contributed by atoms with van der Waals surface area (Å²) >= 11 is 0. The van der Waals surface area contributed by atoms with Gasteiger partial charge in [0.2, 0.25) is 0 Å². The highest BCUT2D eigenvalue weighted by Crippen LogP contribution is 2.44. The minimum atomic E-state index is -0.816. The van der Waals surface area contributed by atoms with Crippen LogP contribution < -0.4 is 5.73 Å². The fourth-order valence-electron chi connectivity index (χ4n) is 3.23. The van der Waals surface area contributed by atoms with Gasteiger partial charge in [-0.1, -0.05) is 36.4 Å². The van der Waals surface area contributed by atoms with Crippen LogP contribution in [-0.4, -0.2) is 10.1 Å². The normalized spacial score (nSPS) is 26.4. The molecule has 3 N–H and O–H groups in total. The Bertz CT molecular complexity index is 575. The van der Waals surface area contributed by atoms with Gasteiger partial charge in [-0.2, -0.15) is 0 Å². The first-order chi connectivity index (χ1) is 9.69. The van der Waals surface area contributed by atoms with E-state index in [9.17, 15) is 5.11 Å². The number of nitrogens with two attached hydrogens (primary N) is 1. The summed E-state index contributed by atoms with van der Waals surface area (Å²) < 4.78 is 0. The number of rotatable bonds is 2. The van der Waals surface area contributed by atoms with Gasteiger partial charge in [-0.15, -0.1) is 0 Å². The molecule has 20 heavy (non-hydrogen) atoms. The van der Waals surface area contributed by atoms with Gasteiger partial charge < -0.3 is 10.8 Å². The number of nitrogens with zero attached hydrogens (tertiary/aromatic N) is 1. The summed E-state index contributed by atoms with van der Waals surface area (Å²) in [5, 5.41) is 10.9. The van der Waals surface area contributed by atoms with E-state index >= 15 is 0 Å². The molecule has 1 aliphatic rings. The van der Waals surface area contributed by atoms with Crippen molar-refractivity contribution in [3.8, 4) is 0 Å². The lowest BCUT2D eigenvalue weighted by Gasteiger charge is -2.36. The highest BCUT2D eigenvalue weighted by Gasteiger charge is 2.36. The minimum absolute atomic E-state index is 0.452. The van der Waals surface area contributed by atoms with Gasteiger partial charge in [-0.25, -0.2) is 4.98 Å². The topological polar surface area (TPSA) is 59.1 Å². The van der Waals surface area contributed by atoms with Crippen molar-refractivity contribution in [2.45, 2.75) is 37.2 Å². The molecule has 0 spiro atoms. The van der Waals surface area contributed by atoms with Gasteiger partial charge in [0.1, 0.15) is 5.82 Å². The molecule has 0 aliphatic heterocycles. The van der Waals surface area contributed by atoms with Crippen molar-refractivity contribution in [3.05, 3.63) is 59.8 Å². The van der Waals surface area contributed by atoms with E-state index < -0.39 is 5.60 Å². The third kappa shape index (κ3) is 2.41. The lowest BCUT2D eigenvalue weighted by atomic mass is 9.73. The first kappa shape index (κ1) is 13.1. The zero-order valence-electron chi connectivity index (χ0n) is 11.5. The molecule has 1 heterocycles. The summed E-state index contributed by atoms with van der Waals surface area (Å²) in [6.45, 7) is 0. The highest BCUT2D eigenvalue weighted by molar-refractivity contribution is 5.43. The average molecular weight is 268 g/mol. The first-order valence-electron chi connectivity index (χ1n) is 7.17. The molecule has 0 atom stereocenters. The predicted molar refractivity (Wildman–Crippen MR) is 80.2 cm³/mol. The van der Waals surface area contributed by atoms with Crippen molar-refractivity contribution < 1.29 is 5.11 Å². The van der Waals surface area contributed by atoms with Crippen molar-refractivity contribution in [3.63, 3.8) is 0 Å².